The SMILES string of the molecule is CC(C)CC(NC(=O)C(NC(=O)C(N)C(C)O)C(C)O)C(=O)O. The van der Waals surface area contributed by atoms with Crippen LogP contribution in [0.3, 0.4) is 0 Å². The van der Waals surface area contributed by atoms with Gasteiger partial charge >= 0.3 is 5.97 Å². The summed E-state index contributed by atoms with van der Waals surface area (Å²) < 4.78 is 0. The first-order chi connectivity index (χ1) is 10.5. The molecule has 7 N–H and O–H groups in total. The second-order valence-corrected chi connectivity index (χ2v) is 6.02. The van der Waals surface area contributed by atoms with Crippen LogP contribution in [0.2, 0.25) is 0 Å². The molecular weight excluding hydrogens is 306 g/mol. The van der Waals surface area contributed by atoms with Crippen molar-refractivity contribution in [1.82, 2.24) is 10.6 Å². The first-order valence-electron chi connectivity index (χ1n) is 7.42. The van der Waals surface area contributed by atoms with Crippen LogP contribution >= 0.6 is 0 Å². The van der Waals surface area contributed by atoms with Gasteiger partial charge in [0.15, 0.2) is 0 Å². The lowest BCUT2D eigenvalue weighted by Crippen LogP contribution is -2.59. The van der Waals surface area contributed by atoms with Crippen molar-refractivity contribution in [1.29, 1.82) is 0 Å². The molecule has 0 aliphatic carbocycles. The predicted octanol–water partition coefficient (Wildman–Crippen LogP) is -1.82. The molecule has 23 heavy (non-hydrogen) atoms. The maximum atomic E-state index is 12.2. The number of hydrogen-bond donors (Lipinski definition) is 6. The number of carboxylic acid groups (broad SMARTS) is 1. The number of hydrogen-bond acceptors (Lipinski definition) is 6. The Hall–Kier alpha value is -1.71. The predicted molar refractivity (Wildman–Crippen MR) is 82.3 cm³/mol. The van der Waals surface area contributed by atoms with E-state index < -0.39 is 48.1 Å². The molecule has 0 aromatic carbocycles. The molecule has 9 heteroatoms. The van der Waals surface area contributed by atoms with Gasteiger partial charge in [-0.15, -0.1) is 0 Å². The Kier molecular flexibility index (Phi) is 8.73. The first kappa shape index (κ1) is 21.3. The second kappa shape index (κ2) is 9.43. The van der Waals surface area contributed by atoms with E-state index in [4.69, 9.17) is 10.8 Å². The van der Waals surface area contributed by atoms with Gasteiger partial charge < -0.3 is 31.7 Å². The Morgan fingerprint density at radius 1 is 0.957 bits per heavy atom. The lowest BCUT2D eigenvalue weighted by molar-refractivity contribution is -0.143. The van der Waals surface area contributed by atoms with Gasteiger partial charge in [0.1, 0.15) is 18.1 Å². The molecule has 0 saturated heterocycles. The number of rotatable bonds is 9. The van der Waals surface area contributed by atoms with E-state index in [-0.39, 0.29) is 12.3 Å². The molecule has 2 amide bonds. The second-order valence-electron chi connectivity index (χ2n) is 6.02. The zero-order valence-corrected chi connectivity index (χ0v) is 13.8. The van der Waals surface area contributed by atoms with Gasteiger partial charge in [-0.2, -0.15) is 0 Å². The summed E-state index contributed by atoms with van der Waals surface area (Å²) >= 11 is 0. The molecule has 9 nitrogen and oxygen atoms in total. The van der Waals surface area contributed by atoms with Crippen LogP contribution in [0, 0.1) is 5.92 Å². The average molecular weight is 333 g/mol. The van der Waals surface area contributed by atoms with Crippen LogP contribution in [-0.4, -0.2) is 63.4 Å². The molecule has 0 radical (unpaired) electrons. The molecule has 0 aromatic rings. The molecule has 0 saturated carbocycles. The number of carbonyl (C=O) groups is 3. The Balaban J connectivity index is 4.98. The molecule has 5 unspecified atom stereocenters. The smallest absolute Gasteiger partial charge is 0.326 e. The minimum atomic E-state index is -1.37. The standard InChI is InChI=1S/C14H27N3O6/c1-6(2)5-9(14(22)23)16-13(21)11(8(4)19)17-12(20)10(15)7(3)18/h6-11,18-19H,5,15H2,1-4H3,(H,16,21)(H,17,20)(H,22,23). The van der Waals surface area contributed by atoms with Crippen molar-refractivity contribution < 1.29 is 29.7 Å². The maximum absolute atomic E-state index is 12.2. The number of aliphatic carboxylic acids is 1. The highest BCUT2D eigenvalue weighted by atomic mass is 16.4. The fourth-order valence-electron chi connectivity index (χ4n) is 1.83. The minimum absolute atomic E-state index is 0.0275. The topological polar surface area (TPSA) is 162 Å². The maximum Gasteiger partial charge on any atom is 0.326 e. The van der Waals surface area contributed by atoms with Crippen molar-refractivity contribution in [3.8, 4) is 0 Å². The van der Waals surface area contributed by atoms with Gasteiger partial charge in [-0.05, 0) is 26.2 Å². The average Bonchev–Trinajstić information content (AvgIpc) is 2.41. The van der Waals surface area contributed by atoms with E-state index in [0.29, 0.717) is 0 Å². The number of nitrogens with two attached hydrogens (primary N) is 1. The first-order valence-corrected chi connectivity index (χ1v) is 7.42. The molecular formula is C14H27N3O6. The van der Waals surface area contributed by atoms with E-state index in [9.17, 15) is 24.6 Å². The molecule has 0 bridgehead atoms. The Labute approximate surface area is 135 Å². The van der Waals surface area contributed by atoms with Crippen LogP contribution < -0.4 is 16.4 Å². The fraction of sp³-hybridized carbons (Fsp3) is 0.786. The summed E-state index contributed by atoms with van der Waals surface area (Å²) in [6.07, 6.45) is -2.21. The summed E-state index contributed by atoms with van der Waals surface area (Å²) in [6, 6.07) is -3.78. The van der Waals surface area contributed by atoms with Crippen LogP contribution in [0.5, 0.6) is 0 Å². The number of carboxylic acids is 1. The number of carbonyl (C=O) groups excluding carboxylic acids is 2. The van der Waals surface area contributed by atoms with E-state index in [1.165, 1.54) is 13.8 Å². The van der Waals surface area contributed by atoms with Gasteiger partial charge in [0.2, 0.25) is 11.8 Å². The van der Waals surface area contributed by atoms with Crippen molar-refractivity contribution in [2.45, 2.75) is 64.4 Å². The molecule has 0 heterocycles. The molecule has 134 valence electrons. The molecule has 0 rings (SSSR count). The highest BCUT2D eigenvalue weighted by Crippen LogP contribution is 2.06. The van der Waals surface area contributed by atoms with E-state index >= 15 is 0 Å². The van der Waals surface area contributed by atoms with Gasteiger partial charge in [-0.25, -0.2) is 4.79 Å². The highest BCUT2D eigenvalue weighted by molar-refractivity contribution is 5.92. The zero-order chi connectivity index (χ0) is 18.3. The largest absolute Gasteiger partial charge is 0.480 e. The third kappa shape index (κ3) is 7.40. The summed E-state index contributed by atoms with van der Waals surface area (Å²) in [5.41, 5.74) is 5.45. The number of aliphatic hydroxyl groups excluding tert-OH is 2. The summed E-state index contributed by atoms with van der Waals surface area (Å²) in [6.45, 7) is 6.19. The fourth-order valence-corrected chi connectivity index (χ4v) is 1.83. The Morgan fingerprint density at radius 2 is 1.48 bits per heavy atom. The van der Waals surface area contributed by atoms with Crippen LogP contribution in [0.15, 0.2) is 0 Å². The molecule has 0 aliphatic rings. The summed E-state index contributed by atoms with van der Waals surface area (Å²) in [4.78, 5) is 35.1. The zero-order valence-electron chi connectivity index (χ0n) is 13.8. The van der Waals surface area contributed by atoms with E-state index in [2.05, 4.69) is 10.6 Å². The molecule has 0 aliphatic heterocycles. The molecule has 0 aromatic heterocycles. The number of nitrogens with one attached hydrogen (secondary N) is 2. The van der Waals surface area contributed by atoms with E-state index in [0.717, 1.165) is 0 Å². The van der Waals surface area contributed by atoms with Crippen molar-refractivity contribution >= 4 is 17.8 Å². The van der Waals surface area contributed by atoms with E-state index in [1.54, 1.807) is 13.8 Å². The van der Waals surface area contributed by atoms with Crippen LogP contribution in [0.25, 0.3) is 0 Å². The lowest BCUT2D eigenvalue weighted by atomic mass is 10.0. The van der Waals surface area contributed by atoms with Crippen LogP contribution in [0.1, 0.15) is 34.1 Å². The molecule has 0 spiro atoms. The quantitative estimate of drug-likeness (QED) is 0.289. The number of aliphatic hydroxyl groups is 2. The number of amides is 2. The highest BCUT2D eigenvalue weighted by Gasteiger charge is 2.31. The van der Waals surface area contributed by atoms with Crippen molar-refractivity contribution in [2.75, 3.05) is 0 Å². The Bertz CT molecular complexity index is 425. The molecule has 0 fully saturated rings. The van der Waals surface area contributed by atoms with Gasteiger partial charge in [0, 0.05) is 0 Å². The monoisotopic (exact) mass is 333 g/mol. The summed E-state index contributed by atoms with van der Waals surface area (Å²) in [5, 5.41) is 32.5. The summed E-state index contributed by atoms with van der Waals surface area (Å²) in [7, 11) is 0. The minimum Gasteiger partial charge on any atom is -0.480 e. The Morgan fingerprint density at radius 3 is 1.83 bits per heavy atom. The normalized spacial score (nSPS) is 17.7. The lowest BCUT2D eigenvalue weighted by Gasteiger charge is -2.25. The van der Waals surface area contributed by atoms with Crippen molar-refractivity contribution in [3.05, 3.63) is 0 Å². The van der Waals surface area contributed by atoms with E-state index in [1.807, 2.05) is 0 Å². The summed E-state index contributed by atoms with van der Waals surface area (Å²) in [5.74, 6) is -2.83. The van der Waals surface area contributed by atoms with Gasteiger partial charge in [0.25, 0.3) is 0 Å². The van der Waals surface area contributed by atoms with Crippen LogP contribution in [0.4, 0.5) is 0 Å². The van der Waals surface area contributed by atoms with Gasteiger partial charge in [0.05, 0.1) is 12.2 Å². The van der Waals surface area contributed by atoms with Crippen molar-refractivity contribution in [3.63, 3.8) is 0 Å². The van der Waals surface area contributed by atoms with Gasteiger partial charge in [-0.3, -0.25) is 9.59 Å². The van der Waals surface area contributed by atoms with Gasteiger partial charge in [-0.1, -0.05) is 13.8 Å². The third-order valence-corrected chi connectivity index (χ3v) is 3.21. The molecule has 5 atom stereocenters. The van der Waals surface area contributed by atoms with Crippen molar-refractivity contribution in [2.24, 2.45) is 11.7 Å². The third-order valence-electron chi connectivity index (χ3n) is 3.21. The van der Waals surface area contributed by atoms with Crippen LogP contribution in [-0.2, 0) is 14.4 Å².